The van der Waals surface area contributed by atoms with E-state index in [0.29, 0.717) is 17.7 Å². The first-order chi connectivity index (χ1) is 10.0. The predicted molar refractivity (Wildman–Crippen MR) is 81.1 cm³/mol. The fourth-order valence-corrected chi connectivity index (χ4v) is 3.88. The molecule has 1 aliphatic carbocycles. The Hall–Kier alpha value is -1.68. The molecule has 4 heteroatoms. The minimum atomic E-state index is -0.515. The lowest BCUT2D eigenvalue weighted by atomic mass is 9.72. The Morgan fingerprint density at radius 2 is 1.95 bits per heavy atom. The van der Waals surface area contributed by atoms with Crippen LogP contribution in [0.4, 0.5) is 0 Å². The Balaban J connectivity index is 2.08. The van der Waals surface area contributed by atoms with Crippen LogP contribution in [0.3, 0.4) is 0 Å². The number of nitrogens with two attached hydrogens (primary N) is 1. The third-order valence-corrected chi connectivity index (χ3v) is 5.26. The lowest BCUT2D eigenvalue weighted by Crippen LogP contribution is -2.61. The molecule has 1 saturated carbocycles. The van der Waals surface area contributed by atoms with Crippen molar-refractivity contribution in [2.24, 2.45) is 11.7 Å². The van der Waals surface area contributed by atoms with Gasteiger partial charge in [0.05, 0.1) is 16.7 Å². The van der Waals surface area contributed by atoms with Crippen LogP contribution in [0.1, 0.15) is 58.9 Å². The van der Waals surface area contributed by atoms with E-state index in [9.17, 15) is 9.59 Å². The average molecular weight is 286 g/mol. The van der Waals surface area contributed by atoms with Gasteiger partial charge in [-0.25, -0.2) is 0 Å². The highest BCUT2D eigenvalue weighted by Gasteiger charge is 2.51. The van der Waals surface area contributed by atoms with Crippen molar-refractivity contribution in [1.82, 2.24) is 4.90 Å². The molecule has 3 rings (SSSR count). The van der Waals surface area contributed by atoms with Gasteiger partial charge in [0, 0.05) is 6.54 Å². The first kappa shape index (κ1) is 14.3. The number of nitrogens with zero attached hydrogens (tertiary/aromatic N) is 1. The molecule has 1 aromatic carbocycles. The second-order valence-corrected chi connectivity index (χ2v) is 6.45. The van der Waals surface area contributed by atoms with Gasteiger partial charge in [-0.2, -0.15) is 0 Å². The molecular weight excluding hydrogens is 264 g/mol. The monoisotopic (exact) mass is 286 g/mol. The van der Waals surface area contributed by atoms with Gasteiger partial charge in [-0.3, -0.25) is 14.5 Å². The van der Waals surface area contributed by atoms with Crippen molar-refractivity contribution in [3.8, 4) is 0 Å². The minimum Gasteiger partial charge on any atom is -0.328 e. The van der Waals surface area contributed by atoms with Gasteiger partial charge in [-0.05, 0) is 37.8 Å². The number of aryl methyl sites for hydroxylation is 1. The molecule has 1 heterocycles. The van der Waals surface area contributed by atoms with Crippen molar-refractivity contribution in [2.45, 2.75) is 45.1 Å². The van der Waals surface area contributed by atoms with E-state index in [-0.39, 0.29) is 17.7 Å². The number of benzene rings is 1. The third kappa shape index (κ3) is 1.93. The molecule has 4 nitrogen and oxygen atoms in total. The number of carbonyl (C=O) groups is 2. The second-order valence-electron chi connectivity index (χ2n) is 6.45. The highest BCUT2D eigenvalue weighted by Crippen LogP contribution is 2.41. The second kappa shape index (κ2) is 4.95. The van der Waals surface area contributed by atoms with Crippen molar-refractivity contribution in [3.63, 3.8) is 0 Å². The molecular formula is C17H22N2O2. The number of carbonyl (C=O) groups excluding carboxylic acids is 2. The van der Waals surface area contributed by atoms with Crippen LogP contribution in [0, 0.1) is 12.8 Å². The molecule has 1 aromatic rings. The number of hydrogen-bond donors (Lipinski definition) is 1. The Morgan fingerprint density at radius 3 is 2.62 bits per heavy atom. The highest BCUT2D eigenvalue weighted by molar-refractivity contribution is 6.22. The molecule has 0 radical (unpaired) electrons. The number of rotatable bonds is 2. The molecule has 2 amide bonds. The lowest BCUT2D eigenvalue weighted by Gasteiger charge is -2.47. The van der Waals surface area contributed by atoms with Crippen LogP contribution in [-0.4, -0.2) is 28.8 Å². The molecule has 1 aliphatic heterocycles. The number of hydrogen-bond acceptors (Lipinski definition) is 3. The van der Waals surface area contributed by atoms with Gasteiger partial charge in [-0.15, -0.1) is 0 Å². The van der Waals surface area contributed by atoms with Gasteiger partial charge in [-0.1, -0.05) is 31.4 Å². The zero-order valence-electron chi connectivity index (χ0n) is 12.7. The molecule has 0 saturated heterocycles. The van der Waals surface area contributed by atoms with E-state index in [2.05, 4.69) is 6.92 Å². The zero-order valence-corrected chi connectivity index (χ0v) is 12.7. The van der Waals surface area contributed by atoms with Crippen molar-refractivity contribution in [3.05, 3.63) is 34.9 Å². The van der Waals surface area contributed by atoms with E-state index in [1.807, 2.05) is 19.1 Å². The van der Waals surface area contributed by atoms with Crippen LogP contribution >= 0.6 is 0 Å². The van der Waals surface area contributed by atoms with E-state index in [1.54, 1.807) is 6.07 Å². The van der Waals surface area contributed by atoms with Crippen molar-refractivity contribution < 1.29 is 9.59 Å². The van der Waals surface area contributed by atoms with Crippen LogP contribution in [0.2, 0.25) is 0 Å². The summed E-state index contributed by atoms with van der Waals surface area (Å²) in [5.41, 5.74) is 7.59. The maximum atomic E-state index is 12.8. The molecule has 0 bridgehead atoms. The van der Waals surface area contributed by atoms with E-state index >= 15 is 0 Å². The molecule has 2 N–H and O–H groups in total. The standard InChI is InChI=1S/C17H22N2O2/c1-11-6-7-13-14(9-11)16(21)19(15(13)20)17(10-18)8-4-3-5-12(17)2/h6-7,9,12H,3-5,8,10,18H2,1-2H3. The largest absolute Gasteiger partial charge is 0.328 e. The SMILES string of the molecule is Cc1ccc2c(c1)C(=O)N(C1(CN)CCCCC1C)C2=O. The summed E-state index contributed by atoms with van der Waals surface area (Å²) in [5.74, 6) is -0.0911. The summed E-state index contributed by atoms with van der Waals surface area (Å²) in [5, 5.41) is 0. The summed E-state index contributed by atoms with van der Waals surface area (Å²) in [6.07, 6.45) is 4.00. The van der Waals surface area contributed by atoms with Crippen LogP contribution in [0.5, 0.6) is 0 Å². The summed E-state index contributed by atoms with van der Waals surface area (Å²) in [4.78, 5) is 27.1. The van der Waals surface area contributed by atoms with Crippen LogP contribution in [0.25, 0.3) is 0 Å². The van der Waals surface area contributed by atoms with Gasteiger partial charge >= 0.3 is 0 Å². The molecule has 2 unspecified atom stereocenters. The predicted octanol–water partition coefficient (Wildman–Crippen LogP) is 2.50. The van der Waals surface area contributed by atoms with E-state index in [1.165, 1.54) is 4.90 Å². The quantitative estimate of drug-likeness (QED) is 0.850. The fraction of sp³-hybridized carbons (Fsp3) is 0.529. The van der Waals surface area contributed by atoms with Gasteiger partial charge in [0.15, 0.2) is 0 Å². The lowest BCUT2D eigenvalue weighted by molar-refractivity contribution is 0.0182. The summed E-state index contributed by atoms with van der Waals surface area (Å²) in [6, 6.07) is 5.46. The van der Waals surface area contributed by atoms with Crippen molar-refractivity contribution in [1.29, 1.82) is 0 Å². The van der Waals surface area contributed by atoms with Crippen molar-refractivity contribution >= 4 is 11.8 Å². The maximum Gasteiger partial charge on any atom is 0.262 e. The van der Waals surface area contributed by atoms with Crippen LogP contribution < -0.4 is 5.73 Å². The Labute approximate surface area is 125 Å². The van der Waals surface area contributed by atoms with Gasteiger partial charge in [0.2, 0.25) is 0 Å². The van der Waals surface area contributed by atoms with Gasteiger partial charge in [0.1, 0.15) is 0 Å². The van der Waals surface area contributed by atoms with E-state index < -0.39 is 5.54 Å². The normalized spacial score (nSPS) is 28.9. The summed E-state index contributed by atoms with van der Waals surface area (Å²) >= 11 is 0. The summed E-state index contributed by atoms with van der Waals surface area (Å²) in [7, 11) is 0. The molecule has 1 fully saturated rings. The van der Waals surface area contributed by atoms with Gasteiger partial charge in [0.25, 0.3) is 11.8 Å². The Kier molecular flexibility index (Phi) is 3.36. The fourth-order valence-electron chi connectivity index (χ4n) is 3.88. The average Bonchev–Trinajstić information content (AvgIpc) is 2.72. The Morgan fingerprint density at radius 1 is 1.24 bits per heavy atom. The topological polar surface area (TPSA) is 63.4 Å². The summed E-state index contributed by atoms with van der Waals surface area (Å²) < 4.78 is 0. The maximum absolute atomic E-state index is 12.8. The number of imide groups is 1. The van der Waals surface area contributed by atoms with E-state index in [4.69, 9.17) is 5.73 Å². The van der Waals surface area contributed by atoms with Gasteiger partial charge < -0.3 is 5.73 Å². The molecule has 112 valence electrons. The van der Waals surface area contributed by atoms with Crippen LogP contribution in [0.15, 0.2) is 18.2 Å². The number of fused-ring (bicyclic) bond motifs is 1. The first-order valence-corrected chi connectivity index (χ1v) is 7.71. The zero-order chi connectivity index (χ0) is 15.2. The molecule has 0 aromatic heterocycles. The molecule has 2 aliphatic rings. The third-order valence-electron chi connectivity index (χ3n) is 5.26. The first-order valence-electron chi connectivity index (χ1n) is 7.71. The van der Waals surface area contributed by atoms with Crippen LogP contribution in [-0.2, 0) is 0 Å². The van der Waals surface area contributed by atoms with Crippen molar-refractivity contribution in [2.75, 3.05) is 6.54 Å². The smallest absolute Gasteiger partial charge is 0.262 e. The molecule has 0 spiro atoms. The Bertz CT molecular complexity index is 611. The molecule has 2 atom stereocenters. The summed E-state index contributed by atoms with van der Waals surface area (Å²) in [6.45, 7) is 4.39. The van der Waals surface area contributed by atoms with E-state index in [0.717, 1.165) is 31.2 Å². The molecule has 21 heavy (non-hydrogen) atoms. The number of amides is 2. The highest BCUT2D eigenvalue weighted by atomic mass is 16.2. The minimum absolute atomic E-state index is 0.169.